The Morgan fingerprint density at radius 3 is 1.88 bits per heavy atom. The van der Waals surface area contributed by atoms with Crippen molar-refractivity contribution in [3.8, 4) is 0 Å². The van der Waals surface area contributed by atoms with Gasteiger partial charge in [0.25, 0.3) is 0 Å². The second-order valence-electron chi connectivity index (χ2n) is 4.17. The van der Waals surface area contributed by atoms with Crippen LogP contribution in [0.5, 0.6) is 0 Å². The molecule has 16 heavy (non-hydrogen) atoms. The first kappa shape index (κ1) is 13.6. The van der Waals surface area contributed by atoms with Crippen LogP contribution in [0.15, 0.2) is 28.7 Å². The SMILES string of the molecule is CCCCN(CCCC)c1ccc(Br)cc1. The summed E-state index contributed by atoms with van der Waals surface area (Å²) in [6.07, 6.45) is 5.08. The van der Waals surface area contributed by atoms with Crippen LogP contribution in [0.3, 0.4) is 0 Å². The first-order chi connectivity index (χ1) is 7.77. The van der Waals surface area contributed by atoms with Gasteiger partial charge in [-0.2, -0.15) is 0 Å². The Morgan fingerprint density at radius 1 is 0.938 bits per heavy atom. The maximum Gasteiger partial charge on any atom is 0.0366 e. The summed E-state index contributed by atoms with van der Waals surface area (Å²) in [5.74, 6) is 0. The molecule has 0 atom stereocenters. The molecule has 0 unspecified atom stereocenters. The average molecular weight is 284 g/mol. The Morgan fingerprint density at radius 2 is 1.44 bits per heavy atom. The van der Waals surface area contributed by atoms with Crippen LogP contribution in [0.25, 0.3) is 0 Å². The van der Waals surface area contributed by atoms with Crippen molar-refractivity contribution in [3.05, 3.63) is 28.7 Å². The zero-order valence-corrected chi connectivity index (χ0v) is 12.0. The molecule has 1 nitrogen and oxygen atoms in total. The van der Waals surface area contributed by atoms with E-state index in [-0.39, 0.29) is 0 Å². The molecule has 0 saturated heterocycles. The van der Waals surface area contributed by atoms with Gasteiger partial charge in [-0.1, -0.05) is 42.6 Å². The molecular formula is C14H22BrN. The highest BCUT2D eigenvalue weighted by Gasteiger charge is 2.04. The summed E-state index contributed by atoms with van der Waals surface area (Å²) in [5, 5.41) is 0. The van der Waals surface area contributed by atoms with Crippen LogP contribution in [0.2, 0.25) is 0 Å². The van der Waals surface area contributed by atoms with E-state index in [4.69, 9.17) is 0 Å². The Balaban J connectivity index is 2.62. The van der Waals surface area contributed by atoms with Crippen LogP contribution in [0.1, 0.15) is 39.5 Å². The molecule has 0 fully saturated rings. The fourth-order valence-corrected chi connectivity index (χ4v) is 1.98. The molecule has 0 spiro atoms. The minimum Gasteiger partial charge on any atom is -0.372 e. The number of anilines is 1. The molecule has 2 heteroatoms. The first-order valence-corrected chi connectivity index (χ1v) is 7.07. The zero-order chi connectivity index (χ0) is 11.8. The molecule has 1 rings (SSSR count). The number of unbranched alkanes of at least 4 members (excludes halogenated alkanes) is 2. The van der Waals surface area contributed by atoms with Gasteiger partial charge in [0.1, 0.15) is 0 Å². The fraction of sp³-hybridized carbons (Fsp3) is 0.571. The van der Waals surface area contributed by atoms with Gasteiger partial charge in [0.05, 0.1) is 0 Å². The minimum atomic E-state index is 1.15. The second-order valence-corrected chi connectivity index (χ2v) is 5.09. The molecular weight excluding hydrogens is 262 g/mol. The van der Waals surface area contributed by atoms with Crippen LogP contribution >= 0.6 is 15.9 Å². The number of benzene rings is 1. The lowest BCUT2D eigenvalue weighted by Gasteiger charge is -2.24. The van der Waals surface area contributed by atoms with E-state index in [0.29, 0.717) is 0 Å². The normalized spacial score (nSPS) is 10.4. The third-order valence-corrected chi connectivity index (χ3v) is 3.28. The number of hydrogen-bond acceptors (Lipinski definition) is 1. The molecule has 0 amide bonds. The quantitative estimate of drug-likeness (QED) is 0.691. The van der Waals surface area contributed by atoms with Crippen LogP contribution < -0.4 is 4.90 Å². The van der Waals surface area contributed by atoms with E-state index in [0.717, 1.165) is 4.47 Å². The van der Waals surface area contributed by atoms with Crippen molar-refractivity contribution in [1.29, 1.82) is 0 Å². The predicted molar refractivity (Wildman–Crippen MR) is 76.2 cm³/mol. The zero-order valence-electron chi connectivity index (χ0n) is 10.4. The molecule has 0 aliphatic carbocycles. The maximum absolute atomic E-state index is 3.48. The lowest BCUT2D eigenvalue weighted by Crippen LogP contribution is -2.25. The molecule has 0 saturated carbocycles. The highest BCUT2D eigenvalue weighted by molar-refractivity contribution is 9.10. The summed E-state index contributed by atoms with van der Waals surface area (Å²) < 4.78 is 1.15. The van der Waals surface area contributed by atoms with Gasteiger partial charge in [0.15, 0.2) is 0 Å². The van der Waals surface area contributed by atoms with Crippen LogP contribution in [0.4, 0.5) is 5.69 Å². The molecule has 0 radical (unpaired) electrons. The average Bonchev–Trinajstić information content (AvgIpc) is 2.31. The monoisotopic (exact) mass is 283 g/mol. The summed E-state index contributed by atoms with van der Waals surface area (Å²) in [6, 6.07) is 8.66. The summed E-state index contributed by atoms with van der Waals surface area (Å²) in [4.78, 5) is 2.50. The van der Waals surface area contributed by atoms with Gasteiger partial charge >= 0.3 is 0 Å². The molecule has 0 bridgehead atoms. The van der Waals surface area contributed by atoms with E-state index < -0.39 is 0 Å². The Hall–Kier alpha value is -0.500. The van der Waals surface area contributed by atoms with E-state index in [1.807, 2.05) is 0 Å². The van der Waals surface area contributed by atoms with Crippen molar-refractivity contribution in [2.75, 3.05) is 18.0 Å². The van der Waals surface area contributed by atoms with Crippen molar-refractivity contribution in [3.63, 3.8) is 0 Å². The van der Waals surface area contributed by atoms with Crippen molar-refractivity contribution in [2.45, 2.75) is 39.5 Å². The van der Waals surface area contributed by atoms with E-state index in [1.165, 1.54) is 44.5 Å². The van der Waals surface area contributed by atoms with E-state index >= 15 is 0 Å². The lowest BCUT2D eigenvalue weighted by atomic mass is 10.2. The fourth-order valence-electron chi connectivity index (χ4n) is 1.72. The third kappa shape index (κ3) is 4.56. The molecule has 0 aliphatic rings. The van der Waals surface area contributed by atoms with E-state index in [2.05, 4.69) is 58.9 Å². The summed E-state index contributed by atoms with van der Waals surface area (Å²) in [5.41, 5.74) is 1.35. The minimum absolute atomic E-state index is 1.15. The van der Waals surface area contributed by atoms with Crippen LogP contribution in [-0.2, 0) is 0 Å². The number of nitrogens with zero attached hydrogens (tertiary/aromatic N) is 1. The molecule has 0 heterocycles. The molecule has 0 aliphatic heterocycles. The molecule has 0 aromatic heterocycles. The van der Waals surface area contributed by atoms with E-state index in [9.17, 15) is 0 Å². The summed E-state index contributed by atoms with van der Waals surface area (Å²) in [7, 11) is 0. The molecule has 0 N–H and O–H groups in total. The van der Waals surface area contributed by atoms with Crippen molar-refractivity contribution >= 4 is 21.6 Å². The largest absolute Gasteiger partial charge is 0.372 e. The van der Waals surface area contributed by atoms with Gasteiger partial charge in [-0.15, -0.1) is 0 Å². The van der Waals surface area contributed by atoms with Crippen molar-refractivity contribution in [1.82, 2.24) is 0 Å². The maximum atomic E-state index is 3.48. The van der Waals surface area contributed by atoms with Gasteiger partial charge < -0.3 is 4.90 Å². The highest BCUT2D eigenvalue weighted by atomic mass is 79.9. The van der Waals surface area contributed by atoms with E-state index in [1.54, 1.807) is 0 Å². The predicted octanol–water partition coefficient (Wildman–Crippen LogP) is 4.86. The molecule has 1 aromatic rings. The number of hydrogen-bond donors (Lipinski definition) is 0. The van der Waals surface area contributed by atoms with Crippen LogP contribution in [-0.4, -0.2) is 13.1 Å². The Labute approximate surface area is 108 Å². The third-order valence-electron chi connectivity index (χ3n) is 2.75. The van der Waals surface area contributed by atoms with Gasteiger partial charge in [0.2, 0.25) is 0 Å². The Kier molecular flexibility index (Phi) is 6.55. The number of halogens is 1. The van der Waals surface area contributed by atoms with Crippen molar-refractivity contribution in [2.24, 2.45) is 0 Å². The molecule has 90 valence electrons. The Bertz CT molecular complexity index is 273. The standard InChI is InChI=1S/C14H22BrN/c1-3-5-11-16(12-6-4-2)14-9-7-13(15)8-10-14/h7-10H,3-6,11-12H2,1-2H3. The van der Waals surface area contributed by atoms with Gasteiger partial charge in [-0.3, -0.25) is 0 Å². The van der Waals surface area contributed by atoms with Gasteiger partial charge in [0, 0.05) is 23.2 Å². The highest BCUT2D eigenvalue weighted by Crippen LogP contribution is 2.19. The molecule has 1 aromatic carbocycles. The second kappa shape index (κ2) is 7.72. The summed E-state index contributed by atoms with van der Waals surface area (Å²) >= 11 is 3.48. The van der Waals surface area contributed by atoms with Gasteiger partial charge in [-0.05, 0) is 37.1 Å². The lowest BCUT2D eigenvalue weighted by molar-refractivity contribution is 0.678. The first-order valence-electron chi connectivity index (χ1n) is 6.28. The topological polar surface area (TPSA) is 3.24 Å². The number of rotatable bonds is 7. The summed E-state index contributed by atoms with van der Waals surface area (Å²) in [6.45, 7) is 6.86. The van der Waals surface area contributed by atoms with Crippen molar-refractivity contribution < 1.29 is 0 Å². The van der Waals surface area contributed by atoms with Gasteiger partial charge in [-0.25, -0.2) is 0 Å². The smallest absolute Gasteiger partial charge is 0.0366 e. The van der Waals surface area contributed by atoms with Crippen LogP contribution in [0, 0.1) is 0 Å².